The second-order valence-corrected chi connectivity index (χ2v) is 4.68. The van der Waals surface area contributed by atoms with Crippen LogP contribution in [0.4, 0.5) is 4.39 Å². The molecule has 96 valence electrons. The Morgan fingerprint density at radius 3 is 2.78 bits per heavy atom. The topological polar surface area (TPSA) is 57.6 Å². The third-order valence-electron chi connectivity index (χ3n) is 3.19. The van der Waals surface area contributed by atoms with Crippen LogP contribution in [0.25, 0.3) is 0 Å². The van der Waals surface area contributed by atoms with Crippen molar-refractivity contribution in [3.63, 3.8) is 0 Å². The van der Waals surface area contributed by atoms with Gasteiger partial charge < -0.3 is 10.0 Å². The molecule has 18 heavy (non-hydrogen) atoms. The zero-order chi connectivity index (χ0) is 13.4. The quantitative estimate of drug-likeness (QED) is 0.896. The van der Waals surface area contributed by atoms with Crippen LogP contribution in [0, 0.1) is 11.7 Å². The number of aliphatic carboxylic acids is 1. The monoisotopic (exact) mass is 271 g/mol. The predicted molar refractivity (Wildman–Crippen MR) is 62.7 cm³/mol. The lowest BCUT2D eigenvalue weighted by atomic mass is 9.94. The van der Waals surface area contributed by atoms with Crippen LogP contribution >= 0.6 is 11.6 Å². The van der Waals surface area contributed by atoms with E-state index in [4.69, 9.17) is 16.7 Å². The smallest absolute Gasteiger partial charge is 0.309 e. The fourth-order valence-corrected chi connectivity index (χ4v) is 2.36. The number of rotatable bonds is 2. The highest BCUT2D eigenvalue weighted by atomic mass is 35.5. The van der Waals surface area contributed by atoms with Crippen molar-refractivity contribution in [3.8, 4) is 0 Å². The summed E-state index contributed by atoms with van der Waals surface area (Å²) in [5.41, 5.74) is 0.442. The summed E-state index contributed by atoms with van der Waals surface area (Å²) < 4.78 is 13.4. The van der Waals surface area contributed by atoms with Gasteiger partial charge in [-0.3, -0.25) is 9.59 Å². The molecule has 1 aromatic rings. The standard InChI is InChI=1S/C12H11ClFNO3/c1-15-10(16)5-7(12(17)18)11(15)6-2-3-8(13)9(14)4-6/h2-4,7,11H,5H2,1H3,(H,17,18)/t7-,11+/m0/s1. The molecule has 6 heteroatoms. The number of halogens is 2. The highest BCUT2D eigenvalue weighted by Crippen LogP contribution is 2.37. The lowest BCUT2D eigenvalue weighted by Crippen LogP contribution is -2.26. The maximum absolute atomic E-state index is 13.4. The van der Waals surface area contributed by atoms with Crippen molar-refractivity contribution in [2.75, 3.05) is 7.05 Å². The molecule has 0 bridgehead atoms. The van der Waals surface area contributed by atoms with E-state index in [-0.39, 0.29) is 17.4 Å². The third-order valence-corrected chi connectivity index (χ3v) is 3.50. The number of amides is 1. The van der Waals surface area contributed by atoms with E-state index < -0.39 is 23.7 Å². The van der Waals surface area contributed by atoms with Gasteiger partial charge in [-0.1, -0.05) is 17.7 Å². The molecular formula is C12H11ClFNO3. The number of benzene rings is 1. The van der Waals surface area contributed by atoms with Crippen molar-refractivity contribution in [2.45, 2.75) is 12.5 Å². The fraction of sp³-hybridized carbons (Fsp3) is 0.333. The number of nitrogens with zero attached hydrogens (tertiary/aromatic N) is 1. The van der Waals surface area contributed by atoms with Gasteiger partial charge in [0.1, 0.15) is 5.82 Å². The van der Waals surface area contributed by atoms with E-state index in [1.54, 1.807) is 6.07 Å². The summed E-state index contributed by atoms with van der Waals surface area (Å²) in [5, 5.41) is 9.08. The van der Waals surface area contributed by atoms with Crippen LogP contribution in [0.1, 0.15) is 18.0 Å². The molecule has 1 heterocycles. The molecule has 0 unspecified atom stereocenters. The van der Waals surface area contributed by atoms with Crippen molar-refractivity contribution < 1.29 is 19.1 Å². The predicted octanol–water partition coefficient (Wildman–Crippen LogP) is 2.08. The Morgan fingerprint density at radius 1 is 1.56 bits per heavy atom. The molecule has 4 nitrogen and oxygen atoms in total. The Labute approximate surface area is 108 Å². The Morgan fingerprint density at radius 2 is 2.22 bits per heavy atom. The fourth-order valence-electron chi connectivity index (χ4n) is 2.24. The van der Waals surface area contributed by atoms with Crippen molar-refractivity contribution in [1.82, 2.24) is 4.90 Å². The van der Waals surface area contributed by atoms with Gasteiger partial charge in [-0.2, -0.15) is 0 Å². The van der Waals surface area contributed by atoms with Gasteiger partial charge in [0.05, 0.1) is 17.0 Å². The zero-order valence-electron chi connectivity index (χ0n) is 9.56. The molecule has 2 atom stereocenters. The minimum absolute atomic E-state index is 0.0300. The second-order valence-electron chi connectivity index (χ2n) is 4.27. The van der Waals surface area contributed by atoms with Gasteiger partial charge in [0, 0.05) is 13.5 Å². The number of likely N-dealkylation sites (tertiary alicyclic amines) is 1. The van der Waals surface area contributed by atoms with Gasteiger partial charge in [-0.05, 0) is 17.7 Å². The van der Waals surface area contributed by atoms with E-state index in [1.807, 2.05) is 0 Å². The maximum atomic E-state index is 13.4. The molecule has 0 saturated carbocycles. The molecule has 0 radical (unpaired) electrons. The van der Waals surface area contributed by atoms with Crippen LogP contribution in [0.3, 0.4) is 0 Å². The SMILES string of the molecule is CN1C(=O)C[C@H](C(=O)O)[C@H]1c1ccc(Cl)c(F)c1. The van der Waals surface area contributed by atoms with Gasteiger partial charge in [0.15, 0.2) is 0 Å². The number of hydrogen-bond acceptors (Lipinski definition) is 2. The van der Waals surface area contributed by atoms with Crippen LogP contribution in [0.15, 0.2) is 18.2 Å². The number of carbonyl (C=O) groups excluding carboxylic acids is 1. The van der Waals surface area contributed by atoms with E-state index in [0.29, 0.717) is 5.56 Å². The van der Waals surface area contributed by atoms with Crippen molar-refractivity contribution in [2.24, 2.45) is 5.92 Å². The van der Waals surface area contributed by atoms with Crippen molar-refractivity contribution in [1.29, 1.82) is 0 Å². The normalized spacial score (nSPS) is 23.5. The van der Waals surface area contributed by atoms with E-state index in [1.165, 1.54) is 24.1 Å². The lowest BCUT2D eigenvalue weighted by Gasteiger charge is -2.23. The van der Waals surface area contributed by atoms with E-state index in [9.17, 15) is 14.0 Å². The number of carboxylic acids is 1. The Bertz CT molecular complexity index is 520. The first-order chi connectivity index (χ1) is 8.41. The van der Waals surface area contributed by atoms with E-state index in [0.717, 1.165) is 0 Å². The first kappa shape index (κ1) is 12.8. The number of hydrogen-bond donors (Lipinski definition) is 1. The molecule has 1 aliphatic heterocycles. The molecule has 1 amide bonds. The summed E-state index contributed by atoms with van der Waals surface area (Å²) in [6, 6.07) is 3.43. The van der Waals surface area contributed by atoms with Gasteiger partial charge in [-0.15, -0.1) is 0 Å². The molecule has 1 saturated heterocycles. The van der Waals surface area contributed by atoms with E-state index >= 15 is 0 Å². The molecule has 1 N–H and O–H groups in total. The third kappa shape index (κ3) is 2.06. The molecule has 0 aliphatic carbocycles. The van der Waals surface area contributed by atoms with Gasteiger partial charge in [-0.25, -0.2) is 4.39 Å². The Kier molecular flexibility index (Phi) is 3.26. The summed E-state index contributed by atoms with van der Waals surface area (Å²) in [6.45, 7) is 0. The minimum Gasteiger partial charge on any atom is -0.481 e. The van der Waals surface area contributed by atoms with Gasteiger partial charge >= 0.3 is 5.97 Å². The van der Waals surface area contributed by atoms with Gasteiger partial charge in [0.25, 0.3) is 0 Å². The van der Waals surface area contributed by atoms with Crippen molar-refractivity contribution in [3.05, 3.63) is 34.6 Å². The second kappa shape index (κ2) is 4.57. The number of carboxylic acid groups (broad SMARTS) is 1. The van der Waals surface area contributed by atoms with E-state index in [2.05, 4.69) is 0 Å². The summed E-state index contributed by atoms with van der Waals surface area (Å²) in [6.07, 6.45) is -0.0687. The van der Waals surface area contributed by atoms with Crippen LogP contribution in [0.5, 0.6) is 0 Å². The van der Waals surface area contributed by atoms with Gasteiger partial charge in [0.2, 0.25) is 5.91 Å². The van der Waals surface area contributed by atoms with Crippen LogP contribution in [-0.4, -0.2) is 28.9 Å². The van der Waals surface area contributed by atoms with Crippen LogP contribution < -0.4 is 0 Å². The molecule has 1 aromatic carbocycles. The number of carbonyl (C=O) groups is 2. The highest BCUT2D eigenvalue weighted by molar-refractivity contribution is 6.30. The highest BCUT2D eigenvalue weighted by Gasteiger charge is 2.42. The first-order valence-electron chi connectivity index (χ1n) is 5.35. The summed E-state index contributed by atoms with van der Waals surface area (Å²) in [5.74, 6) is -2.80. The molecule has 0 spiro atoms. The average Bonchev–Trinajstić information content (AvgIpc) is 2.60. The lowest BCUT2D eigenvalue weighted by molar-refractivity contribution is -0.142. The van der Waals surface area contributed by atoms with Crippen molar-refractivity contribution >= 4 is 23.5 Å². The summed E-state index contributed by atoms with van der Waals surface area (Å²) in [4.78, 5) is 24.0. The maximum Gasteiger partial charge on any atom is 0.309 e. The summed E-state index contributed by atoms with van der Waals surface area (Å²) >= 11 is 5.58. The first-order valence-corrected chi connectivity index (χ1v) is 5.73. The molecule has 1 aliphatic rings. The van der Waals surface area contributed by atoms with Crippen LogP contribution in [-0.2, 0) is 9.59 Å². The van der Waals surface area contributed by atoms with Crippen LogP contribution in [0.2, 0.25) is 5.02 Å². The largest absolute Gasteiger partial charge is 0.481 e. The molecule has 0 aromatic heterocycles. The Balaban J connectivity index is 2.42. The Hall–Kier alpha value is -1.62. The summed E-state index contributed by atoms with van der Waals surface area (Å²) in [7, 11) is 1.52. The average molecular weight is 272 g/mol. The molecular weight excluding hydrogens is 261 g/mol. The minimum atomic E-state index is -1.06. The zero-order valence-corrected chi connectivity index (χ0v) is 10.3. The molecule has 1 fully saturated rings. The molecule has 2 rings (SSSR count).